The zero-order valence-electron chi connectivity index (χ0n) is 19.2. The Morgan fingerprint density at radius 3 is 2.24 bits per heavy atom. The molecular weight excluding hydrogens is 514 g/mol. The lowest BCUT2D eigenvalue weighted by molar-refractivity contribution is -0.139. The van der Waals surface area contributed by atoms with E-state index in [1.807, 2.05) is 24.3 Å². The van der Waals surface area contributed by atoms with Crippen LogP contribution in [0.1, 0.15) is 12.5 Å². The first kappa shape index (κ1) is 26.5. The number of benzene rings is 2. The van der Waals surface area contributed by atoms with Crippen LogP contribution < -0.4 is 19.1 Å². The van der Waals surface area contributed by atoms with Gasteiger partial charge in [0.1, 0.15) is 24.1 Å². The van der Waals surface area contributed by atoms with Crippen molar-refractivity contribution in [3.63, 3.8) is 0 Å². The van der Waals surface area contributed by atoms with Gasteiger partial charge in [0.25, 0.3) is 0 Å². The average Bonchev–Trinajstić information content (AvgIpc) is 2.79. The third-order valence-electron chi connectivity index (χ3n) is 5.01. The van der Waals surface area contributed by atoms with E-state index in [2.05, 4.69) is 21.2 Å². The van der Waals surface area contributed by atoms with Crippen molar-refractivity contribution >= 4 is 43.5 Å². The number of likely N-dealkylation sites (N-methyl/N-ethyl adjacent to an activating group) is 1. The second kappa shape index (κ2) is 11.4. The molecule has 0 aliphatic heterocycles. The van der Waals surface area contributed by atoms with E-state index in [0.29, 0.717) is 5.75 Å². The van der Waals surface area contributed by atoms with Gasteiger partial charge >= 0.3 is 0 Å². The molecule has 0 heterocycles. The van der Waals surface area contributed by atoms with E-state index in [-0.39, 0.29) is 23.9 Å². The normalized spacial score (nSPS) is 11.9. The molecule has 0 bridgehead atoms. The summed E-state index contributed by atoms with van der Waals surface area (Å²) in [5.41, 5.74) is 0.973. The van der Waals surface area contributed by atoms with E-state index in [9.17, 15) is 18.0 Å². The van der Waals surface area contributed by atoms with Crippen molar-refractivity contribution in [2.24, 2.45) is 0 Å². The number of rotatable bonds is 10. The van der Waals surface area contributed by atoms with Crippen LogP contribution in [0.25, 0.3) is 0 Å². The Labute approximate surface area is 202 Å². The quantitative estimate of drug-likeness (QED) is 0.495. The third-order valence-corrected chi connectivity index (χ3v) is 6.67. The van der Waals surface area contributed by atoms with Crippen LogP contribution in [-0.4, -0.2) is 65.2 Å². The van der Waals surface area contributed by atoms with Crippen molar-refractivity contribution in [3.8, 4) is 11.5 Å². The molecule has 0 saturated carbocycles. The van der Waals surface area contributed by atoms with Crippen LogP contribution in [0, 0.1) is 0 Å². The minimum absolute atomic E-state index is 0.123. The van der Waals surface area contributed by atoms with Crippen molar-refractivity contribution < 1.29 is 27.5 Å². The van der Waals surface area contributed by atoms with E-state index in [1.165, 1.54) is 38.3 Å². The Hall–Kier alpha value is -2.79. The van der Waals surface area contributed by atoms with E-state index in [0.717, 1.165) is 20.6 Å². The fraction of sp³-hybridized carbons (Fsp3) is 0.364. The van der Waals surface area contributed by atoms with Gasteiger partial charge in [-0.1, -0.05) is 28.1 Å². The molecule has 1 atom stereocenters. The molecule has 0 spiro atoms. The number of carbonyl (C=O) groups is 2. The number of hydrogen-bond acceptors (Lipinski definition) is 6. The van der Waals surface area contributed by atoms with Gasteiger partial charge in [-0.25, -0.2) is 8.42 Å². The number of anilines is 1. The molecule has 0 aliphatic rings. The molecule has 0 aliphatic carbocycles. The van der Waals surface area contributed by atoms with Gasteiger partial charge in [-0.3, -0.25) is 13.9 Å². The molecule has 0 radical (unpaired) electrons. The second-order valence-electron chi connectivity index (χ2n) is 7.25. The highest BCUT2D eigenvalue weighted by Gasteiger charge is 2.31. The van der Waals surface area contributed by atoms with Crippen LogP contribution in [-0.2, 0) is 26.2 Å². The number of methoxy groups -OCH3 is 2. The summed E-state index contributed by atoms with van der Waals surface area (Å²) in [6.45, 7) is 1.20. The number of hydrogen-bond donors (Lipinski definition) is 1. The Kier molecular flexibility index (Phi) is 9.12. The molecule has 2 aromatic rings. The lowest BCUT2D eigenvalue weighted by Gasteiger charge is -2.31. The summed E-state index contributed by atoms with van der Waals surface area (Å²) < 4.78 is 37.6. The topological polar surface area (TPSA) is 105 Å². The fourth-order valence-corrected chi connectivity index (χ4v) is 4.28. The smallest absolute Gasteiger partial charge is 0.244 e. The number of amides is 2. The van der Waals surface area contributed by atoms with Gasteiger partial charge in [0.2, 0.25) is 21.8 Å². The summed E-state index contributed by atoms with van der Waals surface area (Å²) in [5, 5.41) is 2.54. The van der Waals surface area contributed by atoms with Crippen molar-refractivity contribution in [2.45, 2.75) is 19.5 Å². The summed E-state index contributed by atoms with van der Waals surface area (Å²) >= 11 is 3.37. The zero-order chi connectivity index (χ0) is 24.8. The predicted molar refractivity (Wildman–Crippen MR) is 130 cm³/mol. The molecule has 2 aromatic carbocycles. The van der Waals surface area contributed by atoms with Gasteiger partial charge in [-0.15, -0.1) is 0 Å². The van der Waals surface area contributed by atoms with E-state index in [1.54, 1.807) is 13.0 Å². The highest BCUT2D eigenvalue weighted by atomic mass is 79.9. The monoisotopic (exact) mass is 541 g/mol. The molecule has 33 heavy (non-hydrogen) atoms. The number of ether oxygens (including phenoxy) is 2. The first-order valence-electron chi connectivity index (χ1n) is 9.97. The number of nitrogens with zero attached hydrogens (tertiary/aromatic N) is 2. The Morgan fingerprint density at radius 2 is 1.73 bits per heavy atom. The van der Waals surface area contributed by atoms with Crippen LogP contribution in [0.5, 0.6) is 11.5 Å². The van der Waals surface area contributed by atoms with Gasteiger partial charge in [-0.05, 0) is 36.8 Å². The zero-order valence-corrected chi connectivity index (χ0v) is 21.6. The Bertz CT molecular complexity index is 1090. The molecule has 2 rings (SSSR count). The average molecular weight is 542 g/mol. The molecule has 1 unspecified atom stereocenters. The minimum Gasteiger partial charge on any atom is -0.497 e. The standard InChI is InChI=1S/C22H28BrN3O6S/c1-15(22(28)24-2)25(13-16-6-8-17(23)9-7-16)21(27)14-26(33(5,29)30)19-11-10-18(31-3)12-20(19)32-4/h6-12,15H,13-14H2,1-5H3,(H,24,28). The van der Waals surface area contributed by atoms with Crippen LogP contribution in [0.4, 0.5) is 5.69 Å². The molecule has 0 aromatic heterocycles. The lowest BCUT2D eigenvalue weighted by Crippen LogP contribution is -2.50. The van der Waals surface area contributed by atoms with Gasteiger partial charge in [0.15, 0.2) is 0 Å². The first-order valence-corrected chi connectivity index (χ1v) is 12.6. The number of halogens is 1. The summed E-state index contributed by atoms with van der Waals surface area (Å²) in [7, 11) is 0.483. The molecule has 0 fully saturated rings. The molecule has 9 nitrogen and oxygen atoms in total. The summed E-state index contributed by atoms with van der Waals surface area (Å²) in [6, 6.07) is 11.1. The Balaban J connectivity index is 2.44. The van der Waals surface area contributed by atoms with Crippen LogP contribution in [0.2, 0.25) is 0 Å². The molecule has 1 N–H and O–H groups in total. The van der Waals surface area contributed by atoms with E-state index < -0.39 is 28.5 Å². The van der Waals surface area contributed by atoms with Crippen molar-refractivity contribution in [1.82, 2.24) is 10.2 Å². The first-order chi connectivity index (χ1) is 15.5. The maximum atomic E-state index is 13.4. The van der Waals surface area contributed by atoms with Crippen LogP contribution >= 0.6 is 15.9 Å². The molecular formula is C22H28BrN3O6S. The van der Waals surface area contributed by atoms with Gasteiger partial charge < -0.3 is 19.7 Å². The lowest BCUT2D eigenvalue weighted by atomic mass is 10.1. The maximum Gasteiger partial charge on any atom is 0.244 e. The van der Waals surface area contributed by atoms with E-state index >= 15 is 0 Å². The largest absolute Gasteiger partial charge is 0.497 e. The van der Waals surface area contributed by atoms with Crippen LogP contribution in [0.15, 0.2) is 46.9 Å². The fourth-order valence-electron chi connectivity index (χ4n) is 3.16. The van der Waals surface area contributed by atoms with Crippen LogP contribution in [0.3, 0.4) is 0 Å². The SMILES string of the molecule is CNC(=O)C(C)N(Cc1ccc(Br)cc1)C(=O)CN(c1ccc(OC)cc1OC)S(C)(=O)=O. The van der Waals surface area contributed by atoms with Gasteiger partial charge in [0.05, 0.1) is 26.2 Å². The van der Waals surface area contributed by atoms with Crippen molar-refractivity contribution in [3.05, 3.63) is 52.5 Å². The predicted octanol–water partition coefficient (Wildman–Crippen LogP) is 2.40. The van der Waals surface area contributed by atoms with Crippen molar-refractivity contribution in [1.29, 1.82) is 0 Å². The highest BCUT2D eigenvalue weighted by Crippen LogP contribution is 2.33. The molecule has 180 valence electrons. The number of sulfonamides is 1. The third kappa shape index (κ3) is 6.84. The summed E-state index contributed by atoms with van der Waals surface area (Å²) in [4.78, 5) is 27.1. The van der Waals surface area contributed by atoms with Crippen molar-refractivity contribution in [2.75, 3.05) is 38.4 Å². The summed E-state index contributed by atoms with van der Waals surface area (Å²) in [5.74, 6) is -0.211. The second-order valence-corrected chi connectivity index (χ2v) is 10.1. The molecule has 11 heteroatoms. The Morgan fingerprint density at radius 1 is 1.09 bits per heavy atom. The number of nitrogens with one attached hydrogen (secondary N) is 1. The summed E-state index contributed by atoms with van der Waals surface area (Å²) in [6.07, 6.45) is 1.01. The minimum atomic E-state index is -3.87. The maximum absolute atomic E-state index is 13.4. The van der Waals surface area contributed by atoms with E-state index in [4.69, 9.17) is 9.47 Å². The number of carbonyl (C=O) groups excluding carboxylic acids is 2. The molecule has 0 saturated heterocycles. The van der Waals surface area contributed by atoms with Gasteiger partial charge in [-0.2, -0.15) is 0 Å². The molecule has 2 amide bonds. The van der Waals surface area contributed by atoms with Gasteiger partial charge in [0, 0.05) is 24.1 Å². The highest BCUT2D eigenvalue weighted by molar-refractivity contribution is 9.10.